The number of rotatable bonds is 4. The molecule has 1 aliphatic rings. The van der Waals surface area contributed by atoms with Crippen LogP contribution < -0.4 is 15.5 Å². The smallest absolute Gasteiger partial charge is 0.354 e. The highest BCUT2D eigenvalue weighted by Crippen LogP contribution is 2.28. The van der Waals surface area contributed by atoms with Crippen molar-refractivity contribution in [1.29, 1.82) is 0 Å². The van der Waals surface area contributed by atoms with E-state index in [1.54, 1.807) is 7.05 Å². The molecular weight excluding hydrogens is 345 g/mol. The van der Waals surface area contributed by atoms with Crippen molar-refractivity contribution in [3.63, 3.8) is 0 Å². The molecule has 1 aromatic carbocycles. The number of nitrogens with zero attached hydrogens (tertiary/aromatic N) is 4. The van der Waals surface area contributed by atoms with E-state index in [-0.39, 0.29) is 5.95 Å². The van der Waals surface area contributed by atoms with Gasteiger partial charge in [-0.15, -0.1) is 0 Å². The standard InChI is InChI=1S/C17H19F3N6/c1-21-16(26-11-7-12-4-2-3-5-13(12)26)24-10-9-23-15-22-8-6-14(25-15)17(18,19)20/h2-6,8H,7,9-11H2,1H3,(H,21,24)(H,22,23,25). The highest BCUT2D eigenvalue weighted by atomic mass is 19.4. The second kappa shape index (κ2) is 7.59. The Morgan fingerprint density at radius 1 is 1.23 bits per heavy atom. The number of guanidine groups is 1. The molecule has 2 aromatic rings. The van der Waals surface area contributed by atoms with Gasteiger partial charge in [-0.2, -0.15) is 13.2 Å². The van der Waals surface area contributed by atoms with E-state index in [4.69, 9.17) is 0 Å². The molecule has 0 radical (unpaired) electrons. The first kappa shape index (κ1) is 18.0. The summed E-state index contributed by atoms with van der Waals surface area (Å²) in [6.07, 6.45) is -2.44. The number of hydrogen-bond donors (Lipinski definition) is 2. The maximum absolute atomic E-state index is 12.7. The summed E-state index contributed by atoms with van der Waals surface area (Å²) < 4.78 is 38.0. The maximum Gasteiger partial charge on any atom is 0.433 e. The van der Waals surface area contributed by atoms with Crippen LogP contribution in [0.4, 0.5) is 24.8 Å². The largest absolute Gasteiger partial charge is 0.433 e. The molecule has 0 amide bonds. The van der Waals surface area contributed by atoms with Crippen LogP contribution >= 0.6 is 0 Å². The SMILES string of the molecule is CN=C(NCCNc1nccc(C(F)(F)F)n1)N1CCc2ccccc21. The number of halogens is 3. The van der Waals surface area contributed by atoms with Gasteiger partial charge in [-0.25, -0.2) is 9.97 Å². The van der Waals surface area contributed by atoms with Gasteiger partial charge in [-0.05, 0) is 24.1 Å². The zero-order chi connectivity index (χ0) is 18.6. The summed E-state index contributed by atoms with van der Waals surface area (Å²) in [7, 11) is 1.70. The first-order valence-electron chi connectivity index (χ1n) is 8.19. The van der Waals surface area contributed by atoms with Gasteiger partial charge >= 0.3 is 6.18 Å². The van der Waals surface area contributed by atoms with Gasteiger partial charge in [0.05, 0.1) is 0 Å². The fraction of sp³-hybridized carbons (Fsp3) is 0.353. The molecule has 9 heteroatoms. The lowest BCUT2D eigenvalue weighted by Crippen LogP contribution is -2.42. The highest BCUT2D eigenvalue weighted by Gasteiger charge is 2.32. The van der Waals surface area contributed by atoms with Crippen molar-refractivity contribution in [2.24, 2.45) is 4.99 Å². The topological polar surface area (TPSA) is 65.4 Å². The van der Waals surface area contributed by atoms with Crippen molar-refractivity contribution in [2.45, 2.75) is 12.6 Å². The molecule has 3 rings (SSSR count). The molecular formula is C17H19F3N6. The number of fused-ring (bicyclic) bond motifs is 1. The van der Waals surface area contributed by atoms with Gasteiger partial charge in [0.1, 0.15) is 5.69 Å². The van der Waals surface area contributed by atoms with Crippen LogP contribution in [0.25, 0.3) is 0 Å². The number of alkyl halides is 3. The Bertz CT molecular complexity index is 790. The third-order valence-corrected chi connectivity index (χ3v) is 3.99. The second-order valence-corrected chi connectivity index (χ2v) is 5.69. The molecule has 0 atom stereocenters. The van der Waals surface area contributed by atoms with E-state index in [0.29, 0.717) is 13.1 Å². The van der Waals surface area contributed by atoms with Crippen LogP contribution in [-0.4, -0.2) is 42.6 Å². The third-order valence-electron chi connectivity index (χ3n) is 3.99. The van der Waals surface area contributed by atoms with E-state index in [1.807, 2.05) is 18.2 Å². The van der Waals surface area contributed by atoms with Crippen LogP contribution in [0, 0.1) is 0 Å². The lowest BCUT2D eigenvalue weighted by atomic mass is 10.2. The molecule has 0 saturated heterocycles. The molecule has 138 valence electrons. The summed E-state index contributed by atoms with van der Waals surface area (Å²) in [6.45, 7) is 1.66. The van der Waals surface area contributed by atoms with Gasteiger partial charge < -0.3 is 15.5 Å². The third kappa shape index (κ3) is 4.04. The summed E-state index contributed by atoms with van der Waals surface area (Å²) in [5.41, 5.74) is 1.42. The van der Waals surface area contributed by atoms with Gasteiger partial charge in [0.2, 0.25) is 5.95 Å². The molecule has 1 aliphatic heterocycles. The fourth-order valence-electron chi connectivity index (χ4n) is 2.80. The summed E-state index contributed by atoms with van der Waals surface area (Å²) in [5.74, 6) is 0.671. The molecule has 0 unspecified atom stereocenters. The van der Waals surface area contributed by atoms with Crippen molar-refractivity contribution >= 4 is 17.6 Å². The first-order chi connectivity index (χ1) is 12.5. The molecule has 0 bridgehead atoms. The Morgan fingerprint density at radius 2 is 2.04 bits per heavy atom. The van der Waals surface area contributed by atoms with Crippen LogP contribution in [0.2, 0.25) is 0 Å². The number of para-hydroxylation sites is 1. The van der Waals surface area contributed by atoms with Crippen LogP contribution in [0.15, 0.2) is 41.5 Å². The molecule has 26 heavy (non-hydrogen) atoms. The summed E-state index contributed by atoms with van der Waals surface area (Å²) in [4.78, 5) is 13.7. The first-order valence-corrected chi connectivity index (χ1v) is 8.19. The Balaban J connectivity index is 1.53. The normalized spacial score (nSPS) is 14.3. The fourth-order valence-corrected chi connectivity index (χ4v) is 2.80. The van der Waals surface area contributed by atoms with Crippen LogP contribution in [0.3, 0.4) is 0 Å². The Morgan fingerprint density at radius 3 is 2.81 bits per heavy atom. The van der Waals surface area contributed by atoms with E-state index in [0.717, 1.165) is 36.9 Å². The maximum atomic E-state index is 12.7. The van der Waals surface area contributed by atoms with Crippen LogP contribution in [0.5, 0.6) is 0 Å². The molecule has 1 aromatic heterocycles. The molecule has 0 spiro atoms. The van der Waals surface area contributed by atoms with Gasteiger partial charge in [0.25, 0.3) is 0 Å². The Kier molecular flexibility index (Phi) is 5.24. The highest BCUT2D eigenvalue weighted by molar-refractivity contribution is 5.97. The minimum atomic E-state index is -4.48. The lowest BCUT2D eigenvalue weighted by molar-refractivity contribution is -0.141. The molecule has 0 fully saturated rings. The van der Waals surface area contributed by atoms with Crippen molar-refractivity contribution < 1.29 is 13.2 Å². The second-order valence-electron chi connectivity index (χ2n) is 5.69. The predicted molar refractivity (Wildman–Crippen MR) is 94.4 cm³/mol. The van der Waals surface area contributed by atoms with Gasteiger partial charge in [0, 0.05) is 38.6 Å². The number of anilines is 2. The van der Waals surface area contributed by atoms with Crippen LogP contribution in [0.1, 0.15) is 11.3 Å². The average Bonchev–Trinajstić information content (AvgIpc) is 3.05. The number of nitrogens with one attached hydrogen (secondary N) is 2. The summed E-state index contributed by atoms with van der Waals surface area (Å²) in [6, 6.07) is 8.98. The summed E-state index contributed by atoms with van der Waals surface area (Å²) >= 11 is 0. The molecule has 6 nitrogen and oxygen atoms in total. The van der Waals surface area contributed by atoms with E-state index in [9.17, 15) is 13.2 Å². The van der Waals surface area contributed by atoms with Crippen molar-refractivity contribution in [3.8, 4) is 0 Å². The minimum Gasteiger partial charge on any atom is -0.354 e. The average molecular weight is 364 g/mol. The van der Waals surface area contributed by atoms with E-state index in [2.05, 4.69) is 36.6 Å². The van der Waals surface area contributed by atoms with E-state index < -0.39 is 11.9 Å². The summed E-state index contributed by atoms with van der Waals surface area (Å²) in [5, 5.41) is 5.99. The van der Waals surface area contributed by atoms with Crippen molar-refractivity contribution in [1.82, 2.24) is 15.3 Å². The Hall–Kier alpha value is -2.84. The zero-order valence-corrected chi connectivity index (χ0v) is 14.2. The zero-order valence-electron chi connectivity index (χ0n) is 14.2. The number of hydrogen-bond acceptors (Lipinski definition) is 4. The van der Waals surface area contributed by atoms with Gasteiger partial charge in [-0.1, -0.05) is 18.2 Å². The predicted octanol–water partition coefficient (Wildman–Crippen LogP) is 2.55. The van der Waals surface area contributed by atoms with E-state index in [1.165, 1.54) is 5.56 Å². The van der Waals surface area contributed by atoms with Gasteiger partial charge in [0.15, 0.2) is 5.96 Å². The van der Waals surface area contributed by atoms with Gasteiger partial charge in [-0.3, -0.25) is 4.99 Å². The Labute approximate surface area is 149 Å². The van der Waals surface area contributed by atoms with Crippen molar-refractivity contribution in [2.75, 3.05) is 36.9 Å². The lowest BCUT2D eigenvalue weighted by Gasteiger charge is -2.22. The number of benzene rings is 1. The van der Waals surface area contributed by atoms with Crippen LogP contribution in [-0.2, 0) is 12.6 Å². The molecule has 0 aliphatic carbocycles. The molecule has 2 N–H and O–H groups in total. The monoisotopic (exact) mass is 364 g/mol. The number of aromatic nitrogens is 2. The molecule has 2 heterocycles. The quantitative estimate of drug-likeness (QED) is 0.496. The minimum absolute atomic E-state index is 0.0527. The number of aliphatic imine (C=N–C) groups is 1. The van der Waals surface area contributed by atoms with E-state index >= 15 is 0 Å². The molecule has 0 saturated carbocycles. The van der Waals surface area contributed by atoms with Crippen molar-refractivity contribution in [3.05, 3.63) is 47.8 Å².